The van der Waals surface area contributed by atoms with Crippen molar-refractivity contribution in [2.45, 2.75) is 23.6 Å². The summed E-state index contributed by atoms with van der Waals surface area (Å²) in [4.78, 5) is 12.6. The molecule has 0 radical (unpaired) electrons. The Morgan fingerprint density at radius 3 is 2.18 bits per heavy atom. The van der Waals surface area contributed by atoms with Gasteiger partial charge in [0.2, 0.25) is 5.88 Å². The number of nitrogens with zero attached hydrogens (tertiary/aromatic N) is 1. The van der Waals surface area contributed by atoms with Crippen molar-refractivity contribution in [3.8, 4) is 0 Å². The first-order valence-electron chi connectivity index (χ1n) is 10.8. The molecule has 0 fully saturated rings. The van der Waals surface area contributed by atoms with E-state index in [-0.39, 0.29) is 42.7 Å². The molecule has 0 bridgehead atoms. The average Bonchev–Trinajstić information content (AvgIpc) is 3.18. The molecule has 10 nitrogen and oxygen atoms in total. The van der Waals surface area contributed by atoms with Gasteiger partial charge in [0.05, 0.1) is 26.2 Å². The van der Waals surface area contributed by atoms with Gasteiger partial charge in [-0.25, -0.2) is 21.6 Å². The van der Waals surface area contributed by atoms with Gasteiger partial charge in [-0.3, -0.25) is 9.52 Å². The zero-order valence-corrected chi connectivity index (χ0v) is 23.0. The van der Waals surface area contributed by atoms with Gasteiger partial charge in [-0.05, 0) is 74.5 Å². The fourth-order valence-electron chi connectivity index (χ4n) is 3.20. The largest absolute Gasteiger partial charge is 0.337 e. The lowest BCUT2D eigenvalue weighted by Crippen LogP contribution is -2.16. The number of amides is 1. The minimum Gasteiger partial charge on any atom is -0.337 e. The van der Waals surface area contributed by atoms with Gasteiger partial charge in [0.25, 0.3) is 26.0 Å². The highest BCUT2D eigenvalue weighted by Gasteiger charge is 2.20. The van der Waals surface area contributed by atoms with Gasteiger partial charge in [0, 0.05) is 21.8 Å². The smallest absolute Gasteiger partial charge is 0.264 e. The number of halogens is 2. The molecule has 0 saturated heterocycles. The number of benzene rings is 3. The number of carbonyl (C=O) groups is 1. The van der Waals surface area contributed by atoms with Gasteiger partial charge in [-0.2, -0.15) is 0 Å². The van der Waals surface area contributed by atoms with E-state index in [0.29, 0.717) is 11.3 Å². The third kappa shape index (κ3) is 6.10. The van der Waals surface area contributed by atoms with Crippen molar-refractivity contribution in [3.05, 3.63) is 93.6 Å². The lowest BCUT2D eigenvalue weighted by molar-refractivity contribution is 0.102. The fourth-order valence-corrected chi connectivity index (χ4v) is 5.75. The summed E-state index contributed by atoms with van der Waals surface area (Å²) in [6, 6.07) is 15.1. The molecule has 198 valence electrons. The van der Waals surface area contributed by atoms with Crippen LogP contribution in [0.1, 0.15) is 21.6 Å². The maximum absolute atomic E-state index is 12.9. The average molecular weight is 595 g/mol. The van der Waals surface area contributed by atoms with Crippen LogP contribution in [-0.2, 0) is 20.0 Å². The number of hydrogen-bond acceptors (Lipinski definition) is 7. The zero-order valence-electron chi connectivity index (χ0n) is 19.8. The number of rotatable bonds is 8. The van der Waals surface area contributed by atoms with Crippen LogP contribution in [0.3, 0.4) is 0 Å². The molecule has 1 amide bonds. The molecule has 3 aromatic carbocycles. The van der Waals surface area contributed by atoms with E-state index in [0.717, 1.165) is 0 Å². The standard InChI is InChI=1S/C24H20Cl2N4O6S2/c1-14-15(2)28-36-24(14)30-37(32,33)19-9-7-18(8-10-19)27-23(31)16-4-3-5-20(12-16)38(34,35)29-22-13-17(25)6-11-21(22)26/h3-13,29-30H,1-2H3,(H,27,31). The van der Waals surface area contributed by atoms with Crippen molar-refractivity contribution < 1.29 is 26.2 Å². The van der Waals surface area contributed by atoms with E-state index in [9.17, 15) is 21.6 Å². The van der Waals surface area contributed by atoms with Crippen molar-refractivity contribution in [1.82, 2.24) is 5.16 Å². The van der Waals surface area contributed by atoms with Crippen LogP contribution in [-0.4, -0.2) is 27.9 Å². The summed E-state index contributed by atoms with van der Waals surface area (Å²) in [6.45, 7) is 3.36. The lowest BCUT2D eigenvalue weighted by atomic mass is 10.2. The first kappa shape index (κ1) is 27.5. The SMILES string of the molecule is Cc1noc(NS(=O)(=O)c2ccc(NC(=O)c3cccc(S(=O)(=O)Nc4cc(Cl)ccc4Cl)c3)cc2)c1C. The lowest BCUT2D eigenvalue weighted by Gasteiger charge is -2.11. The monoisotopic (exact) mass is 594 g/mol. The summed E-state index contributed by atoms with van der Waals surface area (Å²) in [7, 11) is -8.05. The Labute approximate surface area is 229 Å². The van der Waals surface area contributed by atoms with E-state index in [1.165, 1.54) is 66.7 Å². The fraction of sp³-hybridized carbons (Fsp3) is 0.0833. The summed E-state index contributed by atoms with van der Waals surface area (Å²) in [5, 5.41) is 6.77. The predicted octanol–water partition coefficient (Wildman–Crippen LogP) is 5.45. The molecule has 1 heterocycles. The first-order chi connectivity index (χ1) is 17.9. The van der Waals surface area contributed by atoms with E-state index < -0.39 is 26.0 Å². The molecule has 0 spiro atoms. The Bertz CT molecular complexity index is 1740. The molecule has 3 N–H and O–H groups in total. The third-order valence-corrected chi connectivity index (χ3v) is 8.66. The van der Waals surface area contributed by atoms with Gasteiger partial charge in [-0.1, -0.05) is 34.4 Å². The zero-order chi connectivity index (χ0) is 27.7. The van der Waals surface area contributed by atoms with Crippen LogP contribution in [0.4, 0.5) is 17.3 Å². The van der Waals surface area contributed by atoms with Crippen LogP contribution in [0.2, 0.25) is 10.0 Å². The maximum atomic E-state index is 12.9. The van der Waals surface area contributed by atoms with Crippen molar-refractivity contribution in [3.63, 3.8) is 0 Å². The van der Waals surface area contributed by atoms with E-state index in [2.05, 4.69) is 19.9 Å². The van der Waals surface area contributed by atoms with Crippen LogP contribution in [0.5, 0.6) is 0 Å². The number of sulfonamides is 2. The van der Waals surface area contributed by atoms with Crippen LogP contribution in [0.15, 0.2) is 81.0 Å². The normalized spacial score (nSPS) is 11.7. The second-order valence-electron chi connectivity index (χ2n) is 8.06. The minimum atomic E-state index is -4.09. The molecule has 0 unspecified atom stereocenters. The third-order valence-electron chi connectivity index (χ3n) is 5.39. The first-order valence-corrected chi connectivity index (χ1v) is 14.5. The van der Waals surface area contributed by atoms with Gasteiger partial charge in [0.1, 0.15) is 0 Å². The molecule has 14 heteroatoms. The summed E-state index contributed by atoms with van der Waals surface area (Å²) in [6.07, 6.45) is 0. The molecule has 0 saturated carbocycles. The van der Waals surface area contributed by atoms with Gasteiger partial charge >= 0.3 is 0 Å². The Morgan fingerprint density at radius 1 is 0.842 bits per heavy atom. The van der Waals surface area contributed by atoms with E-state index in [1.54, 1.807) is 13.8 Å². The number of hydrogen-bond donors (Lipinski definition) is 3. The summed E-state index contributed by atoms with van der Waals surface area (Å²) >= 11 is 12.0. The number of nitrogens with one attached hydrogen (secondary N) is 3. The Balaban J connectivity index is 1.48. The molecule has 0 atom stereocenters. The van der Waals surface area contributed by atoms with Crippen LogP contribution in [0, 0.1) is 13.8 Å². The van der Waals surface area contributed by atoms with Crippen molar-refractivity contribution in [2.24, 2.45) is 0 Å². The highest BCUT2D eigenvalue weighted by atomic mass is 35.5. The second kappa shape index (κ2) is 10.7. The Hall–Kier alpha value is -3.58. The quantitative estimate of drug-likeness (QED) is 0.245. The second-order valence-corrected chi connectivity index (χ2v) is 12.3. The Kier molecular flexibility index (Phi) is 7.70. The number of anilines is 3. The minimum absolute atomic E-state index is 0.0156. The van der Waals surface area contributed by atoms with Gasteiger partial charge < -0.3 is 9.84 Å². The summed E-state index contributed by atoms with van der Waals surface area (Å²) in [5.41, 5.74) is 1.55. The summed E-state index contributed by atoms with van der Waals surface area (Å²) in [5.74, 6) is -0.592. The predicted molar refractivity (Wildman–Crippen MR) is 145 cm³/mol. The molecule has 0 aliphatic carbocycles. The molecular formula is C24H20Cl2N4O6S2. The van der Waals surface area contributed by atoms with E-state index >= 15 is 0 Å². The summed E-state index contributed by atoms with van der Waals surface area (Å²) < 4.78 is 60.7. The highest BCUT2D eigenvalue weighted by molar-refractivity contribution is 7.93. The van der Waals surface area contributed by atoms with E-state index in [4.69, 9.17) is 27.7 Å². The molecule has 0 aliphatic heterocycles. The van der Waals surface area contributed by atoms with E-state index in [1.807, 2.05) is 0 Å². The highest BCUT2D eigenvalue weighted by Crippen LogP contribution is 2.28. The van der Waals surface area contributed by atoms with Crippen molar-refractivity contribution in [2.75, 3.05) is 14.8 Å². The molecule has 1 aromatic heterocycles. The Morgan fingerprint density at radius 2 is 1.53 bits per heavy atom. The topological polar surface area (TPSA) is 147 Å². The molecule has 4 rings (SSSR count). The molecule has 0 aliphatic rings. The van der Waals surface area contributed by atoms with Gasteiger partial charge in [0.15, 0.2) is 0 Å². The molecule has 38 heavy (non-hydrogen) atoms. The van der Waals surface area contributed by atoms with Crippen LogP contribution in [0.25, 0.3) is 0 Å². The van der Waals surface area contributed by atoms with Crippen molar-refractivity contribution >= 4 is 66.4 Å². The number of carbonyl (C=O) groups excluding carboxylic acids is 1. The van der Waals surface area contributed by atoms with Gasteiger partial charge in [-0.15, -0.1) is 0 Å². The molecular weight excluding hydrogens is 575 g/mol. The number of aryl methyl sites for hydroxylation is 1. The van der Waals surface area contributed by atoms with Crippen LogP contribution < -0.4 is 14.8 Å². The molecule has 4 aromatic rings. The number of aromatic nitrogens is 1. The maximum Gasteiger partial charge on any atom is 0.264 e. The van der Waals surface area contributed by atoms with Crippen LogP contribution >= 0.6 is 23.2 Å². The van der Waals surface area contributed by atoms with Crippen molar-refractivity contribution in [1.29, 1.82) is 0 Å².